The Morgan fingerprint density at radius 1 is 1.04 bits per heavy atom. The van der Waals surface area contributed by atoms with Gasteiger partial charge in [0.1, 0.15) is 24.0 Å². The maximum Gasteiger partial charge on any atom is 0.329 e. The first-order chi connectivity index (χ1) is 25.4. The van der Waals surface area contributed by atoms with Crippen molar-refractivity contribution in [1.82, 2.24) is 29.4 Å². The van der Waals surface area contributed by atoms with Gasteiger partial charge in [-0.15, -0.1) is 0 Å². The van der Waals surface area contributed by atoms with Crippen molar-refractivity contribution in [3.63, 3.8) is 0 Å². The average Bonchev–Trinajstić information content (AvgIpc) is 3.54. The van der Waals surface area contributed by atoms with Gasteiger partial charge in [-0.25, -0.2) is 18.2 Å². The van der Waals surface area contributed by atoms with Crippen molar-refractivity contribution in [2.45, 2.75) is 44.1 Å². The lowest BCUT2D eigenvalue weighted by atomic mass is 9.89. The SMILES string of the molecule is Cn1c(=O)n(C2CCC(=O)NC2=O)c2ccc(C3CCN(CCCN/C=C(\C=N)c4ccc5cc(O)c(N6CC(=O)NS6(=O)=O)c(F)c5c4)CC3)cc21. The number of amides is 3. The Kier molecular flexibility index (Phi) is 9.54. The molecule has 278 valence electrons. The van der Waals surface area contributed by atoms with E-state index in [1.807, 2.05) is 18.2 Å². The van der Waals surface area contributed by atoms with Crippen LogP contribution >= 0.6 is 0 Å². The molecule has 17 heteroatoms. The highest BCUT2D eigenvalue weighted by Gasteiger charge is 2.38. The summed E-state index contributed by atoms with van der Waals surface area (Å²) in [4.78, 5) is 51.4. The van der Waals surface area contributed by atoms with Crippen molar-refractivity contribution in [2.24, 2.45) is 7.05 Å². The van der Waals surface area contributed by atoms with Crippen LogP contribution in [-0.2, 0) is 31.6 Å². The number of phenols is 1. The molecule has 3 aliphatic heterocycles. The lowest BCUT2D eigenvalue weighted by Gasteiger charge is -2.32. The minimum absolute atomic E-state index is 0.0237. The second-order valence-electron chi connectivity index (χ2n) is 13.6. The molecule has 0 radical (unpaired) electrons. The summed E-state index contributed by atoms with van der Waals surface area (Å²) in [5, 5.41) is 24.3. The molecule has 15 nitrogen and oxygen atoms in total. The first-order valence-corrected chi connectivity index (χ1v) is 18.8. The molecule has 4 heterocycles. The predicted molar refractivity (Wildman–Crippen MR) is 196 cm³/mol. The third-order valence-electron chi connectivity index (χ3n) is 10.3. The number of halogens is 1. The highest BCUT2D eigenvalue weighted by atomic mass is 32.2. The summed E-state index contributed by atoms with van der Waals surface area (Å²) in [5.74, 6) is -2.91. The van der Waals surface area contributed by atoms with Crippen LogP contribution in [0.15, 0.2) is 53.5 Å². The number of carbonyl (C=O) groups is 3. The first kappa shape index (κ1) is 35.8. The number of carbonyl (C=O) groups excluding carboxylic acids is 3. The van der Waals surface area contributed by atoms with Crippen LogP contribution in [-0.4, -0.2) is 84.2 Å². The molecule has 3 aliphatic rings. The van der Waals surface area contributed by atoms with Crippen LogP contribution in [0, 0.1) is 11.2 Å². The van der Waals surface area contributed by atoms with E-state index in [1.165, 1.54) is 16.7 Å². The molecule has 0 spiro atoms. The molecule has 1 aromatic heterocycles. The summed E-state index contributed by atoms with van der Waals surface area (Å²) in [6.45, 7) is 2.64. The molecule has 1 atom stereocenters. The van der Waals surface area contributed by atoms with E-state index in [2.05, 4.69) is 15.5 Å². The molecule has 5 N–H and O–H groups in total. The molecule has 1 unspecified atom stereocenters. The number of aromatic hydroxyl groups is 1. The number of aryl methyl sites for hydroxylation is 1. The lowest BCUT2D eigenvalue weighted by Crippen LogP contribution is -2.44. The van der Waals surface area contributed by atoms with E-state index in [9.17, 15) is 32.7 Å². The smallest absolute Gasteiger partial charge is 0.329 e. The highest BCUT2D eigenvalue weighted by Crippen LogP contribution is 2.39. The van der Waals surface area contributed by atoms with Crippen LogP contribution in [0.3, 0.4) is 0 Å². The van der Waals surface area contributed by atoms with Crippen LogP contribution in [0.2, 0.25) is 0 Å². The average molecular weight is 747 g/mol. The van der Waals surface area contributed by atoms with Crippen molar-refractivity contribution in [1.29, 1.82) is 5.41 Å². The van der Waals surface area contributed by atoms with Gasteiger partial charge in [0.25, 0.3) is 5.91 Å². The van der Waals surface area contributed by atoms with Gasteiger partial charge in [0, 0.05) is 43.4 Å². The molecule has 3 fully saturated rings. The van der Waals surface area contributed by atoms with Gasteiger partial charge in [-0.1, -0.05) is 18.2 Å². The maximum atomic E-state index is 15.7. The van der Waals surface area contributed by atoms with Gasteiger partial charge in [0.05, 0.1) is 11.0 Å². The first-order valence-electron chi connectivity index (χ1n) is 17.4. The fraction of sp³-hybridized carbons (Fsp3) is 0.361. The number of hydrogen-bond acceptors (Lipinski definition) is 10. The number of benzene rings is 3. The molecule has 3 amide bonds. The molecule has 53 heavy (non-hydrogen) atoms. The number of imidazole rings is 1. The van der Waals surface area contributed by atoms with Gasteiger partial charge in [0.2, 0.25) is 11.8 Å². The number of imide groups is 1. The summed E-state index contributed by atoms with van der Waals surface area (Å²) < 4.78 is 45.7. The predicted octanol–water partition coefficient (Wildman–Crippen LogP) is 2.35. The van der Waals surface area contributed by atoms with E-state index < -0.39 is 51.9 Å². The van der Waals surface area contributed by atoms with Gasteiger partial charge in [-0.2, -0.15) is 8.42 Å². The molecule has 3 saturated heterocycles. The van der Waals surface area contributed by atoms with Crippen LogP contribution in [0.4, 0.5) is 10.1 Å². The summed E-state index contributed by atoms with van der Waals surface area (Å²) in [6, 6.07) is 11.2. The van der Waals surface area contributed by atoms with Gasteiger partial charge in [-0.3, -0.25) is 28.8 Å². The second kappa shape index (κ2) is 14.1. The Labute approximate surface area is 303 Å². The van der Waals surface area contributed by atoms with E-state index in [0.29, 0.717) is 45.2 Å². The largest absolute Gasteiger partial charge is 0.506 e. The van der Waals surface area contributed by atoms with Crippen molar-refractivity contribution in [2.75, 3.05) is 37.0 Å². The number of nitrogens with one attached hydrogen (secondary N) is 4. The van der Waals surface area contributed by atoms with Crippen LogP contribution in [0.5, 0.6) is 5.75 Å². The number of fused-ring (bicyclic) bond motifs is 2. The van der Waals surface area contributed by atoms with E-state index in [-0.39, 0.29) is 23.4 Å². The summed E-state index contributed by atoms with van der Waals surface area (Å²) in [5.41, 5.74) is 2.65. The molecule has 3 aromatic carbocycles. The fourth-order valence-electron chi connectivity index (χ4n) is 7.54. The standard InChI is InChI=1S/C36H39FN8O7S/c1-42-29-16-23(5-6-27(29)45(36(42)50)28-7-8-31(47)40-35(28)49)21-9-13-43(14-10-21)12-2-11-39-19-25(18-38)22-3-4-24-17-30(46)34(33(37)26(24)15-22)44-20-32(48)41-53(44,51)52/h3-6,15-19,21,28,38-39,46H,2,7-14,20H2,1H3,(H,41,48)(H,40,47,49)/b25-19+,38-18?. The molecule has 0 saturated carbocycles. The van der Waals surface area contributed by atoms with Gasteiger partial charge < -0.3 is 20.7 Å². The molecule has 0 bridgehead atoms. The van der Waals surface area contributed by atoms with Crippen molar-refractivity contribution in [3.8, 4) is 5.75 Å². The maximum absolute atomic E-state index is 15.7. The summed E-state index contributed by atoms with van der Waals surface area (Å²) in [6.07, 6.45) is 6.02. The topological polar surface area (TPSA) is 199 Å². The van der Waals surface area contributed by atoms with Crippen LogP contribution in [0.1, 0.15) is 55.2 Å². The third-order valence-corrected chi connectivity index (χ3v) is 11.7. The van der Waals surface area contributed by atoms with Crippen molar-refractivity contribution in [3.05, 3.63) is 76.1 Å². The van der Waals surface area contributed by atoms with Gasteiger partial charge in [0.15, 0.2) is 5.82 Å². The Bertz CT molecular complexity index is 2380. The van der Waals surface area contributed by atoms with Crippen molar-refractivity contribution < 1.29 is 32.3 Å². The van der Waals surface area contributed by atoms with E-state index >= 15 is 4.39 Å². The molecular formula is C36H39FN8O7S. The fourth-order valence-corrected chi connectivity index (χ4v) is 8.70. The number of aromatic nitrogens is 2. The van der Waals surface area contributed by atoms with Crippen LogP contribution < -0.4 is 25.4 Å². The van der Waals surface area contributed by atoms with Crippen molar-refractivity contribution >= 4 is 67.2 Å². The van der Waals surface area contributed by atoms with Gasteiger partial charge in [-0.05, 0) is 92.0 Å². The minimum atomic E-state index is -4.35. The minimum Gasteiger partial charge on any atom is -0.506 e. The van der Waals surface area contributed by atoms with E-state index in [4.69, 9.17) is 5.41 Å². The van der Waals surface area contributed by atoms with E-state index in [0.717, 1.165) is 56.2 Å². The number of anilines is 1. The zero-order valence-corrected chi connectivity index (χ0v) is 29.7. The molecule has 0 aliphatic carbocycles. The molecule has 4 aromatic rings. The number of nitrogens with zero attached hydrogens (tertiary/aromatic N) is 4. The Morgan fingerprint density at radius 2 is 1.81 bits per heavy atom. The zero-order chi connectivity index (χ0) is 37.6. The zero-order valence-electron chi connectivity index (χ0n) is 28.9. The number of phenolic OH excluding ortho intramolecular Hbond substituents is 1. The monoisotopic (exact) mass is 746 g/mol. The quantitative estimate of drug-likeness (QED) is 0.0919. The number of likely N-dealkylation sites (tertiary alicyclic amines) is 1. The Hall–Kier alpha value is -5.55. The van der Waals surface area contributed by atoms with Crippen LogP contribution in [0.25, 0.3) is 27.4 Å². The Balaban J connectivity index is 0.945. The Morgan fingerprint density at radius 3 is 2.51 bits per heavy atom. The second-order valence-corrected chi connectivity index (χ2v) is 15.2. The number of rotatable bonds is 10. The normalized spacial score (nSPS) is 19.9. The lowest BCUT2D eigenvalue weighted by molar-refractivity contribution is -0.135. The highest BCUT2D eigenvalue weighted by molar-refractivity contribution is 7.92. The van der Waals surface area contributed by atoms with E-state index in [1.54, 1.807) is 34.7 Å². The third kappa shape index (κ3) is 6.77. The number of piperidine rings is 2. The molecular weight excluding hydrogens is 708 g/mol. The molecule has 7 rings (SSSR count). The summed E-state index contributed by atoms with van der Waals surface area (Å²) in [7, 11) is -2.65. The number of allylic oxidation sites excluding steroid dienone is 1. The van der Waals surface area contributed by atoms with Gasteiger partial charge >= 0.3 is 15.9 Å². The number of hydrogen-bond donors (Lipinski definition) is 5. The summed E-state index contributed by atoms with van der Waals surface area (Å²) >= 11 is 0.